The van der Waals surface area contributed by atoms with E-state index < -0.39 is 0 Å². The summed E-state index contributed by atoms with van der Waals surface area (Å²) in [4.78, 5) is 14.6. The monoisotopic (exact) mass is 260 g/mol. The third-order valence-electron chi connectivity index (χ3n) is 4.19. The molecule has 19 heavy (non-hydrogen) atoms. The van der Waals surface area contributed by atoms with Gasteiger partial charge >= 0.3 is 0 Å². The lowest BCUT2D eigenvalue weighted by Crippen LogP contribution is -2.32. The highest BCUT2D eigenvalue weighted by Gasteiger charge is 2.21. The van der Waals surface area contributed by atoms with Crippen molar-refractivity contribution in [3.05, 3.63) is 29.3 Å². The van der Waals surface area contributed by atoms with E-state index >= 15 is 0 Å². The second-order valence-electron chi connectivity index (χ2n) is 5.57. The van der Waals surface area contributed by atoms with Crippen molar-refractivity contribution in [2.24, 2.45) is 5.92 Å². The molecule has 1 saturated heterocycles. The number of hydrogen-bond acceptors (Lipinski definition) is 2. The van der Waals surface area contributed by atoms with Crippen molar-refractivity contribution < 1.29 is 4.79 Å². The zero-order chi connectivity index (χ0) is 13.8. The van der Waals surface area contributed by atoms with E-state index in [0.29, 0.717) is 0 Å². The summed E-state index contributed by atoms with van der Waals surface area (Å²) in [5.74, 6) is 0.944. The number of aryl methyl sites for hydroxylation is 1. The fraction of sp³-hybridized carbons (Fsp3) is 0.562. The molecule has 0 saturated carbocycles. The molecule has 2 rings (SSSR count). The van der Waals surface area contributed by atoms with Crippen LogP contribution in [0.2, 0.25) is 0 Å². The van der Waals surface area contributed by atoms with Gasteiger partial charge in [0.05, 0.1) is 0 Å². The molecule has 1 aliphatic rings. The summed E-state index contributed by atoms with van der Waals surface area (Å²) in [5.41, 5.74) is 8.23. The molecule has 104 valence electrons. The Hall–Kier alpha value is -1.51. The molecule has 0 radical (unpaired) electrons. The third-order valence-corrected chi connectivity index (χ3v) is 4.19. The van der Waals surface area contributed by atoms with Gasteiger partial charge in [-0.3, -0.25) is 4.79 Å². The van der Waals surface area contributed by atoms with E-state index in [1.165, 1.54) is 12.8 Å². The predicted molar refractivity (Wildman–Crippen MR) is 79.1 cm³/mol. The largest absolute Gasteiger partial charge is 0.399 e. The summed E-state index contributed by atoms with van der Waals surface area (Å²) >= 11 is 0. The Morgan fingerprint density at radius 1 is 1.37 bits per heavy atom. The fourth-order valence-electron chi connectivity index (χ4n) is 2.87. The van der Waals surface area contributed by atoms with Crippen LogP contribution in [0.25, 0.3) is 0 Å². The number of amides is 1. The van der Waals surface area contributed by atoms with E-state index in [9.17, 15) is 4.79 Å². The summed E-state index contributed by atoms with van der Waals surface area (Å²) in [6, 6.07) is 5.54. The molecule has 0 bridgehead atoms. The lowest BCUT2D eigenvalue weighted by Gasteiger charge is -2.21. The molecule has 1 atom stereocenters. The van der Waals surface area contributed by atoms with Gasteiger partial charge in [-0.1, -0.05) is 13.3 Å². The van der Waals surface area contributed by atoms with Gasteiger partial charge in [-0.2, -0.15) is 0 Å². The van der Waals surface area contributed by atoms with Crippen LogP contribution in [0, 0.1) is 12.8 Å². The Bertz CT molecular complexity index is 456. The minimum Gasteiger partial charge on any atom is -0.399 e. The lowest BCUT2D eigenvalue weighted by atomic mass is 9.98. The van der Waals surface area contributed by atoms with Gasteiger partial charge in [0.1, 0.15) is 0 Å². The number of rotatable bonds is 2. The minimum absolute atomic E-state index is 0.161. The molecule has 3 heteroatoms. The van der Waals surface area contributed by atoms with Gasteiger partial charge < -0.3 is 10.6 Å². The van der Waals surface area contributed by atoms with Crippen LogP contribution in [-0.2, 0) is 0 Å². The number of nitrogens with zero attached hydrogens (tertiary/aromatic N) is 1. The van der Waals surface area contributed by atoms with Crippen molar-refractivity contribution in [2.45, 2.75) is 39.5 Å². The van der Waals surface area contributed by atoms with Crippen LogP contribution in [-0.4, -0.2) is 23.9 Å². The van der Waals surface area contributed by atoms with Crippen LogP contribution in [0.15, 0.2) is 18.2 Å². The molecule has 0 aliphatic carbocycles. The maximum absolute atomic E-state index is 12.6. The summed E-state index contributed by atoms with van der Waals surface area (Å²) in [6.45, 7) is 5.98. The molecule has 1 aromatic carbocycles. The van der Waals surface area contributed by atoms with Crippen LogP contribution in [0.3, 0.4) is 0 Å². The van der Waals surface area contributed by atoms with Crippen molar-refractivity contribution in [1.82, 2.24) is 4.90 Å². The predicted octanol–water partition coefficient (Wildman–Crippen LogP) is 3.23. The second kappa shape index (κ2) is 6.09. The van der Waals surface area contributed by atoms with Gasteiger partial charge in [0.2, 0.25) is 0 Å². The van der Waals surface area contributed by atoms with Crippen molar-refractivity contribution in [1.29, 1.82) is 0 Å². The number of carbonyl (C=O) groups is 1. The highest BCUT2D eigenvalue weighted by atomic mass is 16.2. The van der Waals surface area contributed by atoms with Gasteiger partial charge in [0, 0.05) is 24.3 Å². The first kappa shape index (κ1) is 13.9. The highest BCUT2D eigenvalue weighted by molar-refractivity contribution is 5.96. The van der Waals surface area contributed by atoms with E-state index in [1.54, 1.807) is 0 Å². The van der Waals surface area contributed by atoms with Crippen LogP contribution >= 0.6 is 0 Å². The van der Waals surface area contributed by atoms with E-state index in [2.05, 4.69) is 6.92 Å². The van der Waals surface area contributed by atoms with E-state index in [-0.39, 0.29) is 5.91 Å². The number of anilines is 1. The summed E-state index contributed by atoms with van der Waals surface area (Å²) in [6.07, 6.45) is 4.73. The lowest BCUT2D eigenvalue weighted by molar-refractivity contribution is 0.0759. The molecule has 3 nitrogen and oxygen atoms in total. The highest BCUT2D eigenvalue weighted by Crippen LogP contribution is 2.22. The molecular weight excluding hydrogens is 236 g/mol. The average Bonchev–Trinajstić information content (AvgIpc) is 2.63. The van der Waals surface area contributed by atoms with Crippen molar-refractivity contribution in [3.63, 3.8) is 0 Å². The van der Waals surface area contributed by atoms with Gasteiger partial charge in [-0.25, -0.2) is 0 Å². The Kier molecular flexibility index (Phi) is 4.46. The topological polar surface area (TPSA) is 46.3 Å². The molecule has 1 amide bonds. The molecule has 1 heterocycles. The average molecular weight is 260 g/mol. The normalized spacial score (nSPS) is 20.1. The Labute approximate surface area is 115 Å². The summed E-state index contributed by atoms with van der Waals surface area (Å²) < 4.78 is 0. The smallest absolute Gasteiger partial charge is 0.254 e. The zero-order valence-corrected chi connectivity index (χ0v) is 12.0. The fourth-order valence-corrected chi connectivity index (χ4v) is 2.87. The maximum Gasteiger partial charge on any atom is 0.254 e. The zero-order valence-electron chi connectivity index (χ0n) is 12.0. The number of nitrogens with two attached hydrogens (primary N) is 1. The summed E-state index contributed by atoms with van der Waals surface area (Å²) in [5, 5.41) is 0. The Morgan fingerprint density at radius 2 is 2.16 bits per heavy atom. The maximum atomic E-state index is 12.6. The standard InChI is InChI=1S/C16H24N2O/c1-3-13-5-4-9-18(10-8-13)16(19)15-7-6-14(17)11-12(15)2/h6-7,11,13H,3-5,8-10,17H2,1-2H3. The Morgan fingerprint density at radius 3 is 2.84 bits per heavy atom. The van der Waals surface area contributed by atoms with Crippen LogP contribution in [0.1, 0.15) is 48.5 Å². The molecule has 1 aromatic rings. The number of nitrogen functional groups attached to an aromatic ring is 1. The minimum atomic E-state index is 0.161. The van der Waals surface area contributed by atoms with Gasteiger partial charge in [0.15, 0.2) is 0 Å². The van der Waals surface area contributed by atoms with Crippen LogP contribution < -0.4 is 5.73 Å². The molecule has 0 aromatic heterocycles. The number of hydrogen-bond donors (Lipinski definition) is 1. The van der Waals surface area contributed by atoms with E-state index in [0.717, 1.165) is 48.7 Å². The second-order valence-corrected chi connectivity index (χ2v) is 5.57. The number of carbonyl (C=O) groups excluding carboxylic acids is 1. The van der Waals surface area contributed by atoms with Crippen LogP contribution in [0.5, 0.6) is 0 Å². The van der Waals surface area contributed by atoms with Crippen molar-refractivity contribution >= 4 is 11.6 Å². The molecule has 0 spiro atoms. The molecule has 2 N–H and O–H groups in total. The Balaban J connectivity index is 2.10. The van der Waals surface area contributed by atoms with Crippen molar-refractivity contribution in [2.75, 3.05) is 18.8 Å². The number of benzene rings is 1. The van der Waals surface area contributed by atoms with E-state index in [4.69, 9.17) is 5.73 Å². The number of likely N-dealkylation sites (tertiary alicyclic amines) is 1. The third kappa shape index (κ3) is 3.28. The first-order valence-corrected chi connectivity index (χ1v) is 7.27. The van der Waals surface area contributed by atoms with Gasteiger partial charge in [-0.05, 0) is 55.9 Å². The van der Waals surface area contributed by atoms with Gasteiger partial charge in [0.25, 0.3) is 5.91 Å². The van der Waals surface area contributed by atoms with Crippen LogP contribution in [0.4, 0.5) is 5.69 Å². The molecule has 1 aliphatic heterocycles. The molecular formula is C16H24N2O. The SMILES string of the molecule is CCC1CCCN(C(=O)c2ccc(N)cc2C)CC1. The first-order chi connectivity index (χ1) is 9.11. The van der Waals surface area contributed by atoms with Gasteiger partial charge in [-0.15, -0.1) is 0 Å². The molecule has 1 fully saturated rings. The quantitative estimate of drug-likeness (QED) is 0.830. The first-order valence-electron chi connectivity index (χ1n) is 7.27. The molecule has 1 unspecified atom stereocenters. The summed E-state index contributed by atoms with van der Waals surface area (Å²) in [7, 11) is 0. The van der Waals surface area contributed by atoms with E-state index in [1.807, 2.05) is 30.0 Å². The van der Waals surface area contributed by atoms with Crippen molar-refractivity contribution in [3.8, 4) is 0 Å².